The summed E-state index contributed by atoms with van der Waals surface area (Å²) >= 11 is 0. The molecule has 0 aliphatic heterocycles. The van der Waals surface area contributed by atoms with Crippen LogP contribution in [0.25, 0.3) is 0 Å². The van der Waals surface area contributed by atoms with Crippen LogP contribution in [0, 0.1) is 0 Å². The SMILES string of the molecule is CCC(NS(=O)(=O)Cc1ccccc1)C(=O)O. The molecule has 1 aromatic rings. The molecule has 0 saturated carbocycles. The van der Waals surface area contributed by atoms with Gasteiger partial charge in [0.05, 0.1) is 5.75 Å². The highest BCUT2D eigenvalue weighted by Gasteiger charge is 2.22. The second kappa shape index (κ2) is 5.79. The maximum Gasteiger partial charge on any atom is 0.321 e. The molecule has 0 aliphatic rings. The Labute approximate surface area is 101 Å². The van der Waals surface area contributed by atoms with Gasteiger partial charge in [-0.05, 0) is 12.0 Å². The molecule has 0 bridgehead atoms. The molecule has 94 valence electrons. The van der Waals surface area contributed by atoms with E-state index in [1.165, 1.54) is 0 Å². The number of carboxylic acid groups (broad SMARTS) is 1. The summed E-state index contributed by atoms with van der Waals surface area (Å²) in [4.78, 5) is 10.7. The number of benzene rings is 1. The molecule has 1 unspecified atom stereocenters. The molecule has 1 aromatic carbocycles. The van der Waals surface area contributed by atoms with Gasteiger partial charge in [-0.3, -0.25) is 4.79 Å². The molecule has 0 spiro atoms. The van der Waals surface area contributed by atoms with Gasteiger partial charge < -0.3 is 5.11 Å². The molecule has 17 heavy (non-hydrogen) atoms. The normalized spacial score (nSPS) is 13.2. The van der Waals surface area contributed by atoms with E-state index in [9.17, 15) is 13.2 Å². The van der Waals surface area contributed by atoms with Crippen LogP contribution in [0.15, 0.2) is 30.3 Å². The lowest BCUT2D eigenvalue weighted by Gasteiger charge is -2.12. The van der Waals surface area contributed by atoms with Crippen molar-refractivity contribution < 1.29 is 18.3 Å². The quantitative estimate of drug-likeness (QED) is 0.795. The number of hydrogen-bond donors (Lipinski definition) is 2. The van der Waals surface area contributed by atoms with E-state index >= 15 is 0 Å². The van der Waals surface area contributed by atoms with Crippen LogP contribution in [-0.4, -0.2) is 25.5 Å². The van der Waals surface area contributed by atoms with Crippen molar-refractivity contribution in [1.82, 2.24) is 4.72 Å². The smallest absolute Gasteiger partial charge is 0.321 e. The van der Waals surface area contributed by atoms with Crippen molar-refractivity contribution in [2.45, 2.75) is 25.1 Å². The Morgan fingerprint density at radius 3 is 2.41 bits per heavy atom. The van der Waals surface area contributed by atoms with Gasteiger partial charge in [0.15, 0.2) is 0 Å². The van der Waals surface area contributed by atoms with Crippen LogP contribution >= 0.6 is 0 Å². The monoisotopic (exact) mass is 257 g/mol. The molecule has 0 fully saturated rings. The predicted molar refractivity (Wildman–Crippen MR) is 63.9 cm³/mol. The van der Waals surface area contributed by atoms with Gasteiger partial charge in [0.1, 0.15) is 6.04 Å². The van der Waals surface area contributed by atoms with Crippen LogP contribution in [-0.2, 0) is 20.6 Å². The zero-order valence-corrected chi connectivity index (χ0v) is 10.3. The molecular formula is C11H15NO4S. The van der Waals surface area contributed by atoms with E-state index in [4.69, 9.17) is 5.11 Å². The Kier molecular flexibility index (Phi) is 4.65. The maximum absolute atomic E-state index is 11.7. The minimum absolute atomic E-state index is 0.211. The predicted octanol–water partition coefficient (Wildman–Crippen LogP) is 0.969. The molecule has 1 atom stereocenters. The highest BCUT2D eigenvalue weighted by molar-refractivity contribution is 7.88. The summed E-state index contributed by atoms with van der Waals surface area (Å²) in [6.45, 7) is 1.61. The summed E-state index contributed by atoms with van der Waals surface area (Å²) in [5.41, 5.74) is 0.625. The average molecular weight is 257 g/mol. The molecule has 0 saturated heterocycles. The van der Waals surface area contributed by atoms with E-state index in [-0.39, 0.29) is 12.2 Å². The lowest BCUT2D eigenvalue weighted by atomic mass is 10.2. The number of carbonyl (C=O) groups is 1. The number of carboxylic acids is 1. The fourth-order valence-electron chi connectivity index (χ4n) is 1.36. The van der Waals surface area contributed by atoms with Gasteiger partial charge in [0.25, 0.3) is 0 Å². The lowest BCUT2D eigenvalue weighted by Crippen LogP contribution is -2.40. The first-order valence-corrected chi connectivity index (χ1v) is 6.86. The summed E-state index contributed by atoms with van der Waals surface area (Å²) in [5.74, 6) is -1.37. The van der Waals surface area contributed by atoms with Crippen molar-refractivity contribution in [3.8, 4) is 0 Å². The van der Waals surface area contributed by atoms with Crippen LogP contribution in [0.4, 0.5) is 0 Å². The van der Waals surface area contributed by atoms with E-state index in [0.717, 1.165) is 0 Å². The highest BCUT2D eigenvalue weighted by Crippen LogP contribution is 2.05. The topological polar surface area (TPSA) is 83.5 Å². The van der Waals surface area contributed by atoms with Crippen molar-refractivity contribution in [1.29, 1.82) is 0 Å². The fraction of sp³-hybridized carbons (Fsp3) is 0.364. The van der Waals surface area contributed by atoms with Crippen molar-refractivity contribution in [2.24, 2.45) is 0 Å². The molecule has 6 heteroatoms. The third kappa shape index (κ3) is 4.54. The van der Waals surface area contributed by atoms with Gasteiger partial charge in [-0.2, -0.15) is 0 Å². The van der Waals surface area contributed by atoms with Gasteiger partial charge in [0.2, 0.25) is 10.0 Å². The first kappa shape index (κ1) is 13.7. The average Bonchev–Trinajstić information content (AvgIpc) is 2.26. The van der Waals surface area contributed by atoms with Crippen LogP contribution in [0.2, 0.25) is 0 Å². The van der Waals surface area contributed by atoms with Crippen LogP contribution < -0.4 is 4.72 Å². The number of aliphatic carboxylic acids is 1. The molecule has 0 aromatic heterocycles. The molecule has 0 radical (unpaired) electrons. The standard InChI is InChI=1S/C11H15NO4S/c1-2-10(11(13)14)12-17(15,16)8-9-6-4-3-5-7-9/h3-7,10,12H,2,8H2,1H3,(H,13,14). The van der Waals surface area contributed by atoms with E-state index < -0.39 is 22.0 Å². The summed E-state index contributed by atoms with van der Waals surface area (Å²) in [6, 6.07) is 7.56. The van der Waals surface area contributed by atoms with Crippen molar-refractivity contribution in [3.05, 3.63) is 35.9 Å². The molecule has 0 amide bonds. The van der Waals surface area contributed by atoms with E-state index in [1.54, 1.807) is 37.3 Å². The van der Waals surface area contributed by atoms with Crippen LogP contribution in [0.3, 0.4) is 0 Å². The van der Waals surface area contributed by atoms with Crippen molar-refractivity contribution in [3.63, 3.8) is 0 Å². The van der Waals surface area contributed by atoms with Gasteiger partial charge in [-0.15, -0.1) is 0 Å². The van der Waals surface area contributed by atoms with Gasteiger partial charge in [-0.1, -0.05) is 37.3 Å². The minimum atomic E-state index is -3.62. The fourth-order valence-corrected chi connectivity index (χ4v) is 2.78. The van der Waals surface area contributed by atoms with Crippen LogP contribution in [0.5, 0.6) is 0 Å². The second-order valence-electron chi connectivity index (χ2n) is 3.66. The van der Waals surface area contributed by atoms with Gasteiger partial charge in [0, 0.05) is 0 Å². The number of nitrogens with one attached hydrogen (secondary N) is 1. The minimum Gasteiger partial charge on any atom is -0.480 e. The number of hydrogen-bond acceptors (Lipinski definition) is 3. The summed E-state index contributed by atoms with van der Waals surface area (Å²) in [5, 5.41) is 8.78. The summed E-state index contributed by atoms with van der Waals surface area (Å²) in [6.07, 6.45) is 0.212. The third-order valence-electron chi connectivity index (χ3n) is 2.23. The van der Waals surface area contributed by atoms with Crippen molar-refractivity contribution >= 4 is 16.0 Å². The number of sulfonamides is 1. The molecule has 0 heterocycles. The van der Waals surface area contributed by atoms with E-state index in [0.29, 0.717) is 5.56 Å². The largest absolute Gasteiger partial charge is 0.480 e. The number of rotatable bonds is 6. The highest BCUT2D eigenvalue weighted by atomic mass is 32.2. The molecular weight excluding hydrogens is 242 g/mol. The third-order valence-corrected chi connectivity index (χ3v) is 3.58. The molecule has 5 nitrogen and oxygen atoms in total. The summed E-state index contributed by atoms with van der Waals surface area (Å²) < 4.78 is 25.6. The Bertz CT molecular complexity index is 470. The van der Waals surface area contributed by atoms with Crippen molar-refractivity contribution in [2.75, 3.05) is 0 Å². The lowest BCUT2D eigenvalue weighted by molar-refractivity contribution is -0.139. The molecule has 2 N–H and O–H groups in total. The van der Waals surface area contributed by atoms with E-state index in [1.807, 2.05) is 0 Å². The summed E-state index contributed by atoms with van der Waals surface area (Å²) in [7, 11) is -3.62. The second-order valence-corrected chi connectivity index (χ2v) is 5.42. The first-order chi connectivity index (χ1) is 7.94. The van der Waals surface area contributed by atoms with Crippen LogP contribution in [0.1, 0.15) is 18.9 Å². The molecule has 1 rings (SSSR count). The van der Waals surface area contributed by atoms with Gasteiger partial charge in [-0.25, -0.2) is 13.1 Å². The zero-order valence-electron chi connectivity index (χ0n) is 9.46. The zero-order chi connectivity index (χ0) is 12.9. The Morgan fingerprint density at radius 1 is 1.35 bits per heavy atom. The Balaban J connectivity index is 2.73. The maximum atomic E-state index is 11.7. The van der Waals surface area contributed by atoms with E-state index in [2.05, 4.69) is 4.72 Å². The Morgan fingerprint density at radius 2 is 1.94 bits per heavy atom. The van der Waals surface area contributed by atoms with Gasteiger partial charge >= 0.3 is 5.97 Å². The Hall–Kier alpha value is -1.40. The first-order valence-electron chi connectivity index (χ1n) is 5.21. The molecule has 0 aliphatic carbocycles.